The van der Waals surface area contributed by atoms with Gasteiger partial charge in [0, 0.05) is 23.8 Å². The van der Waals surface area contributed by atoms with E-state index in [0.29, 0.717) is 16.7 Å². The highest BCUT2D eigenvalue weighted by Gasteiger charge is 2.49. The highest BCUT2D eigenvalue weighted by Crippen LogP contribution is 2.32. The number of nitrogens with one attached hydrogen (secondary N) is 1. The molecule has 0 radical (unpaired) electrons. The van der Waals surface area contributed by atoms with E-state index in [0.717, 1.165) is 4.90 Å². The molecule has 1 atom stereocenters. The van der Waals surface area contributed by atoms with Crippen LogP contribution < -0.4 is 5.32 Å². The minimum Gasteiger partial charge on any atom is -0.319 e. The zero-order chi connectivity index (χ0) is 20.6. The van der Waals surface area contributed by atoms with Crippen molar-refractivity contribution >= 4 is 23.3 Å². The van der Waals surface area contributed by atoms with E-state index in [1.807, 2.05) is 0 Å². The van der Waals surface area contributed by atoms with Crippen LogP contribution in [0.3, 0.4) is 0 Å². The quantitative estimate of drug-likeness (QED) is 0.478. The Morgan fingerprint density at radius 2 is 1.68 bits per heavy atom. The molecule has 1 aliphatic heterocycles. The van der Waals surface area contributed by atoms with Crippen LogP contribution >= 0.6 is 0 Å². The maximum absolute atomic E-state index is 13.0. The molecule has 1 heterocycles. The predicted octanol–water partition coefficient (Wildman–Crippen LogP) is 2.78. The molecule has 28 heavy (non-hydrogen) atoms. The summed E-state index contributed by atoms with van der Waals surface area (Å²) in [6.07, 6.45) is 0. The van der Waals surface area contributed by atoms with Gasteiger partial charge in [0.05, 0.1) is 16.4 Å². The van der Waals surface area contributed by atoms with Crippen molar-refractivity contribution in [2.45, 2.75) is 25.9 Å². The summed E-state index contributed by atoms with van der Waals surface area (Å²) in [6.45, 7) is 2.94. The number of carbonyl (C=O) groups excluding carboxylic acids is 2. The van der Waals surface area contributed by atoms with Gasteiger partial charge in [0.1, 0.15) is 5.54 Å². The molecule has 2 aromatic carbocycles. The third kappa shape index (κ3) is 3.04. The predicted molar refractivity (Wildman–Crippen MR) is 97.4 cm³/mol. The first-order chi connectivity index (χ1) is 13.1. The maximum Gasteiger partial charge on any atom is 0.325 e. The van der Waals surface area contributed by atoms with Crippen molar-refractivity contribution in [1.82, 2.24) is 10.2 Å². The van der Waals surface area contributed by atoms with Crippen LogP contribution in [-0.4, -0.2) is 26.7 Å². The molecule has 0 aromatic heterocycles. The van der Waals surface area contributed by atoms with Crippen LogP contribution in [0.5, 0.6) is 0 Å². The Bertz CT molecular complexity index is 1000. The number of benzene rings is 2. The van der Waals surface area contributed by atoms with E-state index in [1.54, 1.807) is 13.0 Å². The summed E-state index contributed by atoms with van der Waals surface area (Å²) in [5.41, 5.74) is -0.367. The molecular formula is C18H16N4O6. The fraction of sp³-hybridized carbons (Fsp3) is 0.222. The molecule has 0 bridgehead atoms. The van der Waals surface area contributed by atoms with Gasteiger partial charge in [-0.1, -0.05) is 12.1 Å². The van der Waals surface area contributed by atoms with Crippen LogP contribution in [0.2, 0.25) is 0 Å². The Hall–Kier alpha value is -3.82. The van der Waals surface area contributed by atoms with E-state index in [4.69, 9.17) is 0 Å². The molecular weight excluding hydrogens is 368 g/mol. The lowest BCUT2D eigenvalue weighted by atomic mass is 9.91. The fourth-order valence-electron chi connectivity index (χ4n) is 3.16. The topological polar surface area (TPSA) is 136 Å². The summed E-state index contributed by atoms with van der Waals surface area (Å²) >= 11 is 0. The third-order valence-corrected chi connectivity index (χ3v) is 4.87. The number of imide groups is 1. The molecule has 1 saturated heterocycles. The molecule has 0 spiro atoms. The number of nitrogens with zero attached hydrogens (tertiary/aromatic N) is 3. The highest BCUT2D eigenvalue weighted by molar-refractivity contribution is 6.07. The van der Waals surface area contributed by atoms with Crippen LogP contribution in [-0.2, 0) is 16.9 Å². The second-order valence-electron chi connectivity index (χ2n) is 6.57. The molecule has 1 aliphatic rings. The Morgan fingerprint density at radius 1 is 1.04 bits per heavy atom. The van der Waals surface area contributed by atoms with Crippen LogP contribution in [0.4, 0.5) is 16.2 Å². The van der Waals surface area contributed by atoms with Gasteiger partial charge in [0.15, 0.2) is 0 Å². The number of nitro groups is 2. The monoisotopic (exact) mass is 384 g/mol. The SMILES string of the molecule is Cc1c(CN2C(=O)N[C@](C)(c3ccc([N+](=O)[O-])cc3)C2=O)cccc1[N+](=O)[O-]. The molecule has 0 aliphatic carbocycles. The van der Waals surface area contributed by atoms with Gasteiger partial charge in [-0.05, 0) is 37.1 Å². The molecule has 10 nitrogen and oxygen atoms in total. The van der Waals surface area contributed by atoms with E-state index in [-0.39, 0.29) is 17.9 Å². The molecule has 144 valence electrons. The number of hydrogen-bond acceptors (Lipinski definition) is 6. The largest absolute Gasteiger partial charge is 0.325 e. The second kappa shape index (κ2) is 6.72. The van der Waals surface area contributed by atoms with Crippen molar-refractivity contribution in [1.29, 1.82) is 0 Å². The van der Waals surface area contributed by atoms with E-state index in [2.05, 4.69) is 5.32 Å². The molecule has 3 amide bonds. The van der Waals surface area contributed by atoms with E-state index in [9.17, 15) is 29.8 Å². The molecule has 1 N–H and O–H groups in total. The highest BCUT2D eigenvalue weighted by atomic mass is 16.6. The Labute approximate surface area is 159 Å². The number of hydrogen-bond donors (Lipinski definition) is 1. The smallest absolute Gasteiger partial charge is 0.319 e. The lowest BCUT2D eigenvalue weighted by Gasteiger charge is -2.22. The van der Waals surface area contributed by atoms with Gasteiger partial charge >= 0.3 is 6.03 Å². The third-order valence-electron chi connectivity index (χ3n) is 4.87. The van der Waals surface area contributed by atoms with Crippen molar-refractivity contribution < 1.29 is 19.4 Å². The van der Waals surface area contributed by atoms with Gasteiger partial charge in [-0.2, -0.15) is 0 Å². The molecule has 3 rings (SSSR count). The first-order valence-corrected chi connectivity index (χ1v) is 8.27. The lowest BCUT2D eigenvalue weighted by Crippen LogP contribution is -2.40. The van der Waals surface area contributed by atoms with Crippen LogP contribution in [0.15, 0.2) is 42.5 Å². The number of urea groups is 1. The van der Waals surface area contributed by atoms with Crippen LogP contribution in [0.1, 0.15) is 23.6 Å². The second-order valence-corrected chi connectivity index (χ2v) is 6.57. The van der Waals surface area contributed by atoms with E-state index < -0.39 is 27.3 Å². The molecule has 1 fully saturated rings. The summed E-state index contributed by atoms with van der Waals surface area (Å²) in [7, 11) is 0. The summed E-state index contributed by atoms with van der Waals surface area (Å²) < 4.78 is 0. The van der Waals surface area contributed by atoms with Crippen LogP contribution in [0, 0.1) is 27.2 Å². The standard InChI is InChI=1S/C18H16N4O6/c1-11-12(4-3-5-15(11)22(27)28)10-20-16(23)18(2,19-17(20)24)13-6-8-14(9-7-13)21(25)26/h3-9H,10H2,1-2H3,(H,19,24)/t18-/m1/s1. The van der Waals surface area contributed by atoms with Crippen molar-refractivity contribution in [2.75, 3.05) is 0 Å². The number of rotatable bonds is 5. The molecule has 0 saturated carbocycles. The Morgan fingerprint density at radius 3 is 2.25 bits per heavy atom. The Kier molecular flexibility index (Phi) is 4.55. The molecule has 10 heteroatoms. The van der Waals surface area contributed by atoms with Crippen molar-refractivity contribution in [3.63, 3.8) is 0 Å². The Balaban J connectivity index is 1.91. The number of non-ortho nitro benzene ring substituents is 1. The van der Waals surface area contributed by atoms with Gasteiger partial charge in [-0.3, -0.25) is 29.9 Å². The average molecular weight is 384 g/mol. The van der Waals surface area contributed by atoms with Gasteiger partial charge < -0.3 is 5.32 Å². The first-order valence-electron chi connectivity index (χ1n) is 8.27. The number of nitro benzene ring substituents is 2. The van der Waals surface area contributed by atoms with E-state index >= 15 is 0 Å². The average Bonchev–Trinajstić information content (AvgIpc) is 2.87. The van der Waals surface area contributed by atoms with Crippen molar-refractivity contribution in [2.24, 2.45) is 0 Å². The fourth-order valence-corrected chi connectivity index (χ4v) is 3.16. The summed E-state index contributed by atoms with van der Waals surface area (Å²) in [5.74, 6) is -0.544. The van der Waals surface area contributed by atoms with Crippen molar-refractivity contribution in [3.05, 3.63) is 79.4 Å². The minimum atomic E-state index is -1.39. The van der Waals surface area contributed by atoms with Gasteiger partial charge in [-0.15, -0.1) is 0 Å². The van der Waals surface area contributed by atoms with E-state index in [1.165, 1.54) is 43.3 Å². The maximum atomic E-state index is 13.0. The van der Waals surface area contributed by atoms with Gasteiger partial charge in [-0.25, -0.2) is 4.79 Å². The molecule has 0 unspecified atom stereocenters. The lowest BCUT2D eigenvalue weighted by molar-refractivity contribution is -0.385. The zero-order valence-electron chi connectivity index (χ0n) is 15.0. The first kappa shape index (κ1) is 19.0. The number of amides is 3. The minimum absolute atomic E-state index is 0.0947. The summed E-state index contributed by atoms with van der Waals surface area (Å²) in [4.78, 5) is 47.2. The van der Waals surface area contributed by atoms with Gasteiger partial charge in [0.25, 0.3) is 17.3 Å². The van der Waals surface area contributed by atoms with Crippen LogP contribution in [0.25, 0.3) is 0 Å². The normalized spacial score (nSPS) is 18.9. The zero-order valence-corrected chi connectivity index (χ0v) is 15.0. The molecule has 2 aromatic rings. The number of carbonyl (C=O) groups is 2. The van der Waals surface area contributed by atoms with Gasteiger partial charge in [0.2, 0.25) is 0 Å². The summed E-state index contributed by atoms with van der Waals surface area (Å²) in [5, 5.41) is 24.5. The summed E-state index contributed by atoms with van der Waals surface area (Å²) in [6, 6.07) is 9.17. The van der Waals surface area contributed by atoms with Crippen molar-refractivity contribution in [3.8, 4) is 0 Å².